The normalized spacial score (nSPS) is 10.9. The maximum Gasteiger partial charge on any atom is 0.251 e. The van der Waals surface area contributed by atoms with Crippen molar-refractivity contribution in [1.82, 2.24) is 14.7 Å². The molecule has 27 heavy (non-hydrogen) atoms. The van der Waals surface area contributed by atoms with Crippen LogP contribution in [-0.2, 0) is 13.2 Å². The Morgan fingerprint density at radius 2 is 2.04 bits per heavy atom. The second-order valence-electron chi connectivity index (χ2n) is 6.23. The van der Waals surface area contributed by atoms with E-state index >= 15 is 0 Å². The summed E-state index contributed by atoms with van der Waals surface area (Å²) in [7, 11) is 0. The van der Waals surface area contributed by atoms with Crippen LogP contribution >= 0.6 is 0 Å². The van der Waals surface area contributed by atoms with Crippen molar-refractivity contribution >= 4 is 11.6 Å². The summed E-state index contributed by atoms with van der Waals surface area (Å²) in [5, 5.41) is 2.81. The molecule has 3 heterocycles. The molecule has 136 valence electrons. The molecule has 4 aromatic rings. The van der Waals surface area contributed by atoms with Crippen molar-refractivity contribution in [2.75, 3.05) is 0 Å². The molecule has 0 fully saturated rings. The zero-order valence-corrected chi connectivity index (χ0v) is 14.9. The van der Waals surface area contributed by atoms with Crippen molar-refractivity contribution in [3.8, 4) is 5.75 Å². The van der Waals surface area contributed by atoms with E-state index in [1.165, 1.54) is 0 Å². The predicted octanol–water partition coefficient (Wildman–Crippen LogP) is 3.74. The highest BCUT2D eigenvalue weighted by molar-refractivity contribution is 5.94. The van der Waals surface area contributed by atoms with Gasteiger partial charge in [-0.05, 0) is 55.0 Å². The van der Waals surface area contributed by atoms with Gasteiger partial charge in [0.05, 0.1) is 18.5 Å². The van der Waals surface area contributed by atoms with Gasteiger partial charge >= 0.3 is 0 Å². The number of pyridine rings is 1. The number of benzene rings is 1. The highest BCUT2D eigenvalue weighted by atomic mass is 16.5. The van der Waals surface area contributed by atoms with Gasteiger partial charge < -0.3 is 18.9 Å². The Kier molecular flexibility index (Phi) is 4.61. The number of aryl methyl sites for hydroxylation is 1. The lowest BCUT2D eigenvalue weighted by molar-refractivity contribution is 0.0948. The van der Waals surface area contributed by atoms with Crippen molar-refractivity contribution in [1.29, 1.82) is 0 Å². The van der Waals surface area contributed by atoms with Crippen molar-refractivity contribution in [3.05, 3.63) is 89.8 Å². The third-order valence-electron chi connectivity index (χ3n) is 4.23. The molecule has 4 rings (SSSR count). The number of nitrogens with one attached hydrogen (secondary N) is 1. The highest BCUT2D eigenvalue weighted by Crippen LogP contribution is 2.16. The first-order valence-electron chi connectivity index (χ1n) is 8.66. The molecular formula is C21H19N3O3. The van der Waals surface area contributed by atoms with Gasteiger partial charge in [-0.25, -0.2) is 4.98 Å². The Bertz CT molecular complexity index is 1050. The van der Waals surface area contributed by atoms with Crippen LogP contribution in [0.3, 0.4) is 0 Å². The van der Waals surface area contributed by atoms with E-state index in [0.717, 1.165) is 16.9 Å². The molecule has 0 unspecified atom stereocenters. The number of carbonyl (C=O) groups excluding carboxylic acids is 1. The summed E-state index contributed by atoms with van der Waals surface area (Å²) in [4.78, 5) is 16.7. The van der Waals surface area contributed by atoms with Gasteiger partial charge in [-0.2, -0.15) is 0 Å². The second kappa shape index (κ2) is 7.37. The number of rotatable bonds is 6. The molecule has 0 aliphatic heterocycles. The molecule has 0 bridgehead atoms. The monoisotopic (exact) mass is 361 g/mol. The molecular weight excluding hydrogens is 342 g/mol. The maximum absolute atomic E-state index is 12.2. The fraction of sp³-hybridized carbons (Fsp3) is 0.143. The van der Waals surface area contributed by atoms with Gasteiger partial charge in [-0.3, -0.25) is 4.79 Å². The van der Waals surface area contributed by atoms with Gasteiger partial charge in [0.25, 0.3) is 5.91 Å². The van der Waals surface area contributed by atoms with E-state index < -0.39 is 0 Å². The molecule has 0 aliphatic rings. The molecule has 0 radical (unpaired) electrons. The van der Waals surface area contributed by atoms with Crippen molar-refractivity contribution in [3.63, 3.8) is 0 Å². The van der Waals surface area contributed by atoms with Gasteiger partial charge in [-0.15, -0.1) is 0 Å². The van der Waals surface area contributed by atoms with Crippen molar-refractivity contribution < 1.29 is 13.9 Å². The number of imidazole rings is 1. The largest absolute Gasteiger partial charge is 0.487 e. The maximum atomic E-state index is 12.2. The number of nitrogens with zero attached hydrogens (tertiary/aromatic N) is 2. The van der Waals surface area contributed by atoms with E-state index in [1.807, 2.05) is 41.9 Å². The average molecular weight is 361 g/mol. The van der Waals surface area contributed by atoms with E-state index in [2.05, 4.69) is 10.3 Å². The van der Waals surface area contributed by atoms with Crippen LogP contribution in [0.15, 0.2) is 71.6 Å². The molecule has 1 amide bonds. The summed E-state index contributed by atoms with van der Waals surface area (Å²) in [6.45, 7) is 2.76. The Hall–Kier alpha value is -3.54. The molecule has 6 heteroatoms. The lowest BCUT2D eigenvalue weighted by atomic mass is 10.2. The number of hydrogen-bond acceptors (Lipinski definition) is 4. The number of amides is 1. The quantitative estimate of drug-likeness (QED) is 0.568. The minimum absolute atomic E-state index is 0.159. The van der Waals surface area contributed by atoms with Crippen molar-refractivity contribution in [2.45, 2.75) is 20.1 Å². The number of furan rings is 1. The van der Waals surface area contributed by atoms with Gasteiger partial charge in [0.1, 0.15) is 23.8 Å². The molecule has 0 saturated carbocycles. The van der Waals surface area contributed by atoms with Gasteiger partial charge in [0.15, 0.2) is 0 Å². The minimum Gasteiger partial charge on any atom is -0.487 e. The van der Waals surface area contributed by atoms with Gasteiger partial charge in [-0.1, -0.05) is 6.07 Å². The summed E-state index contributed by atoms with van der Waals surface area (Å²) in [5.74, 6) is 1.24. The Morgan fingerprint density at radius 3 is 2.78 bits per heavy atom. The summed E-state index contributed by atoms with van der Waals surface area (Å²) in [6.07, 6.45) is 5.51. The van der Waals surface area contributed by atoms with E-state index in [1.54, 1.807) is 36.6 Å². The topological polar surface area (TPSA) is 68.8 Å². The number of fused-ring (bicyclic) bond motifs is 1. The van der Waals surface area contributed by atoms with E-state index in [9.17, 15) is 4.79 Å². The molecule has 3 aromatic heterocycles. The molecule has 0 atom stereocenters. The molecule has 0 aliphatic carbocycles. The average Bonchev–Trinajstić information content (AvgIpc) is 3.35. The first-order chi connectivity index (χ1) is 13.2. The lowest BCUT2D eigenvalue weighted by Gasteiger charge is -2.06. The highest BCUT2D eigenvalue weighted by Gasteiger charge is 2.08. The lowest BCUT2D eigenvalue weighted by Crippen LogP contribution is -2.22. The van der Waals surface area contributed by atoms with Crippen LogP contribution < -0.4 is 10.1 Å². The van der Waals surface area contributed by atoms with Gasteiger partial charge in [0.2, 0.25) is 0 Å². The first kappa shape index (κ1) is 16.9. The fourth-order valence-corrected chi connectivity index (χ4v) is 2.82. The van der Waals surface area contributed by atoms with Crippen LogP contribution in [0, 0.1) is 6.92 Å². The number of carbonyl (C=O) groups is 1. The summed E-state index contributed by atoms with van der Waals surface area (Å²) >= 11 is 0. The fourth-order valence-electron chi connectivity index (χ4n) is 2.82. The standard InChI is InChI=1S/C21H19N3O3/c1-15-4-2-10-24-13-17(23-20(15)24)14-27-18-8-6-16(7-9-18)21(25)22-12-19-5-3-11-26-19/h2-11,13H,12,14H2,1H3,(H,22,25). The summed E-state index contributed by atoms with van der Waals surface area (Å²) in [6, 6.07) is 14.7. The molecule has 1 aromatic carbocycles. The first-order valence-corrected chi connectivity index (χ1v) is 8.66. The number of hydrogen-bond donors (Lipinski definition) is 1. The van der Waals surface area contributed by atoms with E-state index in [0.29, 0.717) is 30.2 Å². The molecule has 6 nitrogen and oxygen atoms in total. The Morgan fingerprint density at radius 1 is 1.19 bits per heavy atom. The summed E-state index contributed by atoms with van der Waals surface area (Å²) < 4.78 is 13.0. The zero-order valence-electron chi connectivity index (χ0n) is 14.9. The molecule has 1 N–H and O–H groups in total. The third-order valence-corrected chi connectivity index (χ3v) is 4.23. The smallest absolute Gasteiger partial charge is 0.251 e. The predicted molar refractivity (Wildman–Crippen MR) is 101 cm³/mol. The van der Waals surface area contributed by atoms with Crippen LogP contribution in [0.5, 0.6) is 5.75 Å². The zero-order chi connectivity index (χ0) is 18.6. The van der Waals surface area contributed by atoms with Crippen LogP contribution in [0.2, 0.25) is 0 Å². The van der Waals surface area contributed by atoms with Crippen LogP contribution in [0.25, 0.3) is 5.65 Å². The Labute approximate surface area is 156 Å². The van der Waals surface area contributed by atoms with Gasteiger partial charge in [0, 0.05) is 18.0 Å². The minimum atomic E-state index is -0.159. The van der Waals surface area contributed by atoms with Crippen LogP contribution in [-0.4, -0.2) is 15.3 Å². The third kappa shape index (κ3) is 3.84. The van der Waals surface area contributed by atoms with Crippen LogP contribution in [0.4, 0.5) is 0 Å². The number of ether oxygens (including phenoxy) is 1. The second-order valence-corrected chi connectivity index (χ2v) is 6.23. The SMILES string of the molecule is Cc1cccn2cc(COc3ccc(C(=O)NCc4ccco4)cc3)nc12. The summed E-state index contributed by atoms with van der Waals surface area (Å²) in [5.41, 5.74) is 3.47. The van der Waals surface area contributed by atoms with Crippen molar-refractivity contribution in [2.24, 2.45) is 0 Å². The molecule has 0 saturated heterocycles. The van der Waals surface area contributed by atoms with E-state index in [4.69, 9.17) is 9.15 Å². The van der Waals surface area contributed by atoms with Crippen LogP contribution in [0.1, 0.15) is 27.4 Å². The number of aromatic nitrogens is 2. The molecule has 0 spiro atoms. The van der Waals surface area contributed by atoms with E-state index in [-0.39, 0.29) is 5.91 Å². The Balaban J connectivity index is 1.35.